The Morgan fingerprint density at radius 2 is 1.75 bits per heavy atom. The molecule has 5 heteroatoms. The van der Waals surface area contributed by atoms with Crippen LogP contribution in [0.4, 0.5) is 5.69 Å². The van der Waals surface area contributed by atoms with Gasteiger partial charge >= 0.3 is 0 Å². The molecule has 0 saturated heterocycles. The van der Waals surface area contributed by atoms with Crippen molar-refractivity contribution in [2.24, 2.45) is 4.99 Å². The summed E-state index contributed by atoms with van der Waals surface area (Å²) in [6.07, 6.45) is 0. The fourth-order valence-electron chi connectivity index (χ4n) is 2.64. The van der Waals surface area contributed by atoms with E-state index in [2.05, 4.69) is 10.1 Å². The van der Waals surface area contributed by atoms with Gasteiger partial charge in [-0.05, 0) is 50.2 Å². The zero-order valence-corrected chi connectivity index (χ0v) is 13.9. The van der Waals surface area contributed by atoms with Crippen LogP contribution in [0.2, 0.25) is 0 Å². The first-order valence-corrected chi connectivity index (χ1v) is 7.67. The van der Waals surface area contributed by atoms with Crippen molar-refractivity contribution in [2.45, 2.75) is 13.8 Å². The van der Waals surface area contributed by atoms with E-state index < -0.39 is 0 Å². The van der Waals surface area contributed by atoms with E-state index in [-0.39, 0.29) is 5.56 Å². The van der Waals surface area contributed by atoms with Gasteiger partial charge in [-0.15, -0.1) is 0 Å². The quantitative estimate of drug-likeness (QED) is 0.746. The first-order chi connectivity index (χ1) is 11.6. The lowest BCUT2D eigenvalue weighted by Gasteiger charge is -2.03. The number of rotatable bonds is 4. The van der Waals surface area contributed by atoms with Crippen molar-refractivity contribution in [3.63, 3.8) is 0 Å². The lowest BCUT2D eigenvalue weighted by atomic mass is 10.1. The first-order valence-electron chi connectivity index (χ1n) is 7.67. The third kappa shape index (κ3) is 3.01. The molecule has 1 N–H and O–H groups in total. The molecule has 0 bridgehead atoms. The molecule has 0 spiro atoms. The fraction of sp³-hybridized carbons (Fsp3) is 0.158. The lowest BCUT2D eigenvalue weighted by molar-refractivity contribution is 0.414. The Kier molecular flexibility index (Phi) is 4.33. The number of ether oxygens (including phenoxy) is 1. The summed E-state index contributed by atoms with van der Waals surface area (Å²) in [5, 5.41) is 3.12. The van der Waals surface area contributed by atoms with Gasteiger partial charge in [0.25, 0.3) is 5.56 Å². The van der Waals surface area contributed by atoms with Crippen molar-refractivity contribution < 1.29 is 4.74 Å². The van der Waals surface area contributed by atoms with E-state index in [1.165, 1.54) is 4.68 Å². The Hall–Kier alpha value is -3.08. The second-order valence-corrected chi connectivity index (χ2v) is 5.48. The standard InChI is InChI=1S/C19H19N3O2/c1-13(20-15-7-5-4-6-8-15)18-14(2)21-22(19(18)23)16-9-11-17(24-3)12-10-16/h4-12,21H,1-3H3. The summed E-state index contributed by atoms with van der Waals surface area (Å²) in [5.41, 5.74) is 3.53. The summed E-state index contributed by atoms with van der Waals surface area (Å²) in [4.78, 5) is 17.3. The van der Waals surface area contributed by atoms with Crippen molar-refractivity contribution in [1.29, 1.82) is 0 Å². The third-order valence-electron chi connectivity index (χ3n) is 3.82. The predicted molar refractivity (Wildman–Crippen MR) is 96.0 cm³/mol. The molecule has 3 rings (SSSR count). The Morgan fingerprint density at radius 3 is 2.38 bits per heavy atom. The zero-order valence-electron chi connectivity index (χ0n) is 13.9. The van der Waals surface area contributed by atoms with Gasteiger partial charge in [-0.2, -0.15) is 0 Å². The molecule has 5 nitrogen and oxygen atoms in total. The molecule has 3 aromatic rings. The van der Waals surface area contributed by atoms with E-state index in [0.717, 1.165) is 22.8 Å². The van der Waals surface area contributed by atoms with E-state index in [0.29, 0.717) is 11.3 Å². The van der Waals surface area contributed by atoms with Crippen molar-refractivity contribution in [3.05, 3.63) is 76.2 Å². The normalized spacial score (nSPS) is 11.5. The van der Waals surface area contributed by atoms with Gasteiger partial charge in [-0.3, -0.25) is 14.9 Å². The minimum atomic E-state index is -0.116. The summed E-state index contributed by atoms with van der Waals surface area (Å²) in [7, 11) is 1.61. The van der Waals surface area contributed by atoms with Gasteiger partial charge in [0.2, 0.25) is 0 Å². The number of aryl methyl sites for hydroxylation is 1. The average Bonchev–Trinajstić information content (AvgIpc) is 2.90. The minimum absolute atomic E-state index is 0.116. The van der Waals surface area contributed by atoms with Crippen LogP contribution < -0.4 is 10.3 Å². The highest BCUT2D eigenvalue weighted by atomic mass is 16.5. The number of aliphatic imine (C=N–C) groups is 1. The highest BCUT2D eigenvalue weighted by molar-refractivity contribution is 6.00. The van der Waals surface area contributed by atoms with Gasteiger partial charge in [0.15, 0.2) is 0 Å². The molecule has 1 heterocycles. The van der Waals surface area contributed by atoms with E-state index in [4.69, 9.17) is 4.74 Å². The van der Waals surface area contributed by atoms with Gasteiger partial charge in [0.05, 0.1) is 29.8 Å². The SMILES string of the molecule is COc1ccc(-n2[nH]c(C)c(C(C)=Nc3ccccc3)c2=O)cc1. The number of hydrogen-bond donors (Lipinski definition) is 1. The number of H-pyrrole nitrogens is 1. The van der Waals surface area contributed by atoms with Gasteiger partial charge < -0.3 is 4.74 Å². The predicted octanol–water partition coefficient (Wildman–Crippen LogP) is 3.62. The number of methoxy groups -OCH3 is 1. The minimum Gasteiger partial charge on any atom is -0.497 e. The van der Waals surface area contributed by atoms with Crippen LogP contribution in [-0.4, -0.2) is 22.6 Å². The monoisotopic (exact) mass is 321 g/mol. The number of benzene rings is 2. The molecular formula is C19H19N3O2. The van der Waals surface area contributed by atoms with Crippen LogP contribution in [0, 0.1) is 6.92 Å². The molecule has 0 fully saturated rings. The number of para-hydroxylation sites is 1. The van der Waals surface area contributed by atoms with E-state index in [1.54, 1.807) is 7.11 Å². The van der Waals surface area contributed by atoms with Crippen LogP contribution in [0.3, 0.4) is 0 Å². The van der Waals surface area contributed by atoms with Crippen LogP contribution in [0.1, 0.15) is 18.2 Å². The van der Waals surface area contributed by atoms with Crippen molar-refractivity contribution in [1.82, 2.24) is 9.78 Å². The zero-order chi connectivity index (χ0) is 17.1. The molecule has 0 aliphatic heterocycles. The van der Waals surface area contributed by atoms with Crippen LogP contribution in [0.5, 0.6) is 5.75 Å². The number of aromatic nitrogens is 2. The summed E-state index contributed by atoms with van der Waals surface area (Å²) >= 11 is 0. The largest absolute Gasteiger partial charge is 0.497 e. The summed E-state index contributed by atoms with van der Waals surface area (Å²) in [6.45, 7) is 3.73. The van der Waals surface area contributed by atoms with Crippen LogP contribution >= 0.6 is 0 Å². The molecule has 1 aromatic heterocycles. The second kappa shape index (κ2) is 6.58. The number of nitrogens with zero attached hydrogens (tertiary/aromatic N) is 2. The Bertz CT molecular complexity index is 919. The molecule has 0 aliphatic carbocycles. The molecule has 0 amide bonds. The number of aromatic amines is 1. The molecule has 0 aliphatic rings. The maximum absolute atomic E-state index is 12.8. The molecular weight excluding hydrogens is 302 g/mol. The maximum atomic E-state index is 12.8. The van der Waals surface area contributed by atoms with Crippen LogP contribution in [0.25, 0.3) is 5.69 Å². The highest BCUT2D eigenvalue weighted by Crippen LogP contribution is 2.16. The van der Waals surface area contributed by atoms with Gasteiger partial charge in [0.1, 0.15) is 5.75 Å². The summed E-state index contributed by atoms with van der Waals surface area (Å²) in [5.74, 6) is 0.747. The first kappa shape index (κ1) is 15.8. The second-order valence-electron chi connectivity index (χ2n) is 5.48. The van der Waals surface area contributed by atoms with E-state index in [1.807, 2.05) is 68.4 Å². The Morgan fingerprint density at radius 1 is 1.08 bits per heavy atom. The molecule has 0 atom stereocenters. The lowest BCUT2D eigenvalue weighted by Crippen LogP contribution is -2.19. The topological polar surface area (TPSA) is 59.4 Å². The van der Waals surface area contributed by atoms with E-state index >= 15 is 0 Å². The van der Waals surface area contributed by atoms with E-state index in [9.17, 15) is 4.79 Å². The Balaban J connectivity index is 2.03. The average molecular weight is 321 g/mol. The van der Waals surface area contributed by atoms with Crippen molar-refractivity contribution in [2.75, 3.05) is 7.11 Å². The van der Waals surface area contributed by atoms with Gasteiger partial charge in [-0.25, -0.2) is 4.68 Å². The molecule has 0 radical (unpaired) electrons. The van der Waals surface area contributed by atoms with Crippen molar-refractivity contribution >= 4 is 11.4 Å². The van der Waals surface area contributed by atoms with Crippen LogP contribution in [0.15, 0.2) is 64.4 Å². The van der Waals surface area contributed by atoms with Gasteiger partial charge in [0, 0.05) is 5.69 Å². The Labute approximate surface area is 140 Å². The van der Waals surface area contributed by atoms with Gasteiger partial charge in [-0.1, -0.05) is 18.2 Å². The molecule has 2 aromatic carbocycles. The number of hydrogen-bond acceptors (Lipinski definition) is 3. The molecule has 0 saturated carbocycles. The number of nitrogens with one attached hydrogen (secondary N) is 1. The highest BCUT2D eigenvalue weighted by Gasteiger charge is 2.15. The molecule has 122 valence electrons. The molecule has 0 unspecified atom stereocenters. The van der Waals surface area contributed by atoms with Crippen molar-refractivity contribution in [3.8, 4) is 11.4 Å². The molecule has 24 heavy (non-hydrogen) atoms. The third-order valence-corrected chi connectivity index (χ3v) is 3.82. The fourth-order valence-corrected chi connectivity index (χ4v) is 2.64. The summed E-state index contributed by atoms with van der Waals surface area (Å²) < 4.78 is 6.67. The van der Waals surface area contributed by atoms with Crippen LogP contribution in [-0.2, 0) is 0 Å². The maximum Gasteiger partial charge on any atom is 0.280 e. The summed E-state index contributed by atoms with van der Waals surface area (Å²) in [6, 6.07) is 16.9. The smallest absolute Gasteiger partial charge is 0.280 e.